The van der Waals surface area contributed by atoms with Crippen LogP contribution in [0.5, 0.6) is 0 Å². The SMILES string of the molecule is N#Cc1ccc2nccc(CCN3CCC(NCc4ccc5c(n4)NC(=O)CS5)CC3)c2c1. The third-order valence-electron chi connectivity index (χ3n) is 6.35. The number of thioether (sulfide) groups is 1. The number of nitrogens with zero attached hydrogens (tertiary/aromatic N) is 4. The molecule has 4 heterocycles. The van der Waals surface area contributed by atoms with Crippen LogP contribution in [0.1, 0.15) is 29.7 Å². The average molecular weight is 459 g/mol. The molecular weight excluding hydrogens is 432 g/mol. The number of aromatic nitrogens is 2. The van der Waals surface area contributed by atoms with Gasteiger partial charge in [-0.05, 0) is 74.3 Å². The van der Waals surface area contributed by atoms with E-state index in [2.05, 4.69) is 43.7 Å². The van der Waals surface area contributed by atoms with E-state index < -0.39 is 0 Å². The Kier molecular flexibility index (Phi) is 6.53. The molecular formula is C25H26N6OS. The first-order valence-electron chi connectivity index (χ1n) is 11.3. The minimum Gasteiger partial charge on any atom is -0.309 e. The van der Waals surface area contributed by atoms with Crippen LogP contribution in [0.3, 0.4) is 0 Å². The van der Waals surface area contributed by atoms with E-state index in [1.807, 2.05) is 30.5 Å². The number of rotatable bonds is 6. The fourth-order valence-electron chi connectivity index (χ4n) is 4.48. The van der Waals surface area contributed by atoms with Gasteiger partial charge in [0.15, 0.2) is 0 Å². The number of likely N-dealkylation sites (tertiary alicyclic amines) is 1. The molecule has 1 fully saturated rings. The lowest BCUT2D eigenvalue weighted by atomic mass is 10.0. The summed E-state index contributed by atoms with van der Waals surface area (Å²) < 4.78 is 0. The second kappa shape index (κ2) is 9.87. The van der Waals surface area contributed by atoms with Gasteiger partial charge in [-0.2, -0.15) is 5.26 Å². The quantitative estimate of drug-likeness (QED) is 0.585. The highest BCUT2D eigenvalue weighted by Crippen LogP contribution is 2.29. The van der Waals surface area contributed by atoms with Crippen molar-refractivity contribution in [2.24, 2.45) is 0 Å². The summed E-state index contributed by atoms with van der Waals surface area (Å²) in [6.45, 7) is 3.85. The highest BCUT2D eigenvalue weighted by molar-refractivity contribution is 8.00. The van der Waals surface area contributed by atoms with Gasteiger partial charge in [-0.25, -0.2) is 4.98 Å². The zero-order valence-electron chi connectivity index (χ0n) is 18.4. The van der Waals surface area contributed by atoms with Gasteiger partial charge in [-0.1, -0.05) is 0 Å². The Morgan fingerprint density at radius 2 is 2.09 bits per heavy atom. The first kappa shape index (κ1) is 21.8. The first-order chi connectivity index (χ1) is 16.2. The van der Waals surface area contributed by atoms with Gasteiger partial charge < -0.3 is 15.5 Å². The Balaban J connectivity index is 1.11. The van der Waals surface area contributed by atoms with Crippen molar-refractivity contribution in [1.29, 1.82) is 5.26 Å². The molecule has 0 spiro atoms. The molecule has 2 aliphatic heterocycles. The maximum Gasteiger partial charge on any atom is 0.235 e. The van der Waals surface area contributed by atoms with E-state index in [1.54, 1.807) is 0 Å². The summed E-state index contributed by atoms with van der Waals surface area (Å²) in [5, 5.41) is 16.8. The Morgan fingerprint density at radius 3 is 2.94 bits per heavy atom. The molecule has 0 aliphatic carbocycles. The fourth-order valence-corrected chi connectivity index (χ4v) is 5.24. The lowest BCUT2D eigenvalue weighted by molar-refractivity contribution is -0.113. The van der Waals surface area contributed by atoms with Crippen LogP contribution < -0.4 is 10.6 Å². The molecule has 7 nitrogen and oxygen atoms in total. The van der Waals surface area contributed by atoms with E-state index in [0.29, 0.717) is 29.7 Å². The minimum atomic E-state index is 0.0164. The summed E-state index contributed by atoms with van der Waals surface area (Å²) in [6.07, 6.45) is 5.02. The second-order valence-corrected chi connectivity index (χ2v) is 9.56. The van der Waals surface area contributed by atoms with Crippen LogP contribution in [0.2, 0.25) is 0 Å². The Morgan fingerprint density at radius 1 is 1.21 bits per heavy atom. The number of nitrogens with one attached hydrogen (secondary N) is 2. The molecule has 8 heteroatoms. The topological polar surface area (TPSA) is 93.9 Å². The molecule has 3 aromatic rings. The molecule has 0 radical (unpaired) electrons. The Bertz CT molecular complexity index is 1220. The van der Waals surface area contributed by atoms with Gasteiger partial charge in [-0.3, -0.25) is 9.78 Å². The number of nitriles is 1. The van der Waals surface area contributed by atoms with Gasteiger partial charge in [0, 0.05) is 30.7 Å². The van der Waals surface area contributed by atoms with Crippen LogP contribution in [0.25, 0.3) is 10.9 Å². The lowest BCUT2D eigenvalue weighted by Crippen LogP contribution is -2.43. The number of amides is 1. The predicted molar refractivity (Wildman–Crippen MR) is 130 cm³/mol. The van der Waals surface area contributed by atoms with Crippen molar-refractivity contribution in [2.45, 2.75) is 36.7 Å². The summed E-state index contributed by atoms with van der Waals surface area (Å²) in [7, 11) is 0. The molecule has 0 saturated carbocycles. The maximum absolute atomic E-state index is 11.6. The minimum absolute atomic E-state index is 0.0164. The van der Waals surface area contributed by atoms with Crippen LogP contribution in [0.4, 0.5) is 5.82 Å². The van der Waals surface area contributed by atoms with Crippen LogP contribution >= 0.6 is 11.8 Å². The van der Waals surface area contributed by atoms with Crippen molar-refractivity contribution in [3.63, 3.8) is 0 Å². The largest absolute Gasteiger partial charge is 0.309 e. The van der Waals surface area contributed by atoms with Crippen molar-refractivity contribution >= 4 is 34.4 Å². The van der Waals surface area contributed by atoms with Crippen molar-refractivity contribution < 1.29 is 4.79 Å². The van der Waals surface area contributed by atoms with Crippen LogP contribution in [-0.2, 0) is 17.8 Å². The number of hydrogen-bond acceptors (Lipinski definition) is 7. The number of hydrogen-bond donors (Lipinski definition) is 2. The molecule has 2 aromatic heterocycles. The van der Waals surface area contributed by atoms with E-state index in [9.17, 15) is 10.1 Å². The van der Waals surface area contributed by atoms with E-state index in [-0.39, 0.29) is 5.91 Å². The van der Waals surface area contributed by atoms with Crippen molar-refractivity contribution in [3.8, 4) is 6.07 Å². The monoisotopic (exact) mass is 458 g/mol. The van der Waals surface area contributed by atoms with Crippen molar-refractivity contribution in [2.75, 3.05) is 30.7 Å². The molecule has 1 saturated heterocycles. The highest BCUT2D eigenvalue weighted by atomic mass is 32.2. The number of pyridine rings is 2. The van der Waals surface area contributed by atoms with Crippen molar-refractivity contribution in [1.82, 2.24) is 20.2 Å². The lowest BCUT2D eigenvalue weighted by Gasteiger charge is -2.32. The number of carbonyl (C=O) groups is 1. The third-order valence-corrected chi connectivity index (χ3v) is 7.40. The van der Waals surface area contributed by atoms with Gasteiger partial charge in [0.2, 0.25) is 5.91 Å². The standard InChI is InChI=1S/C25H26N6OS/c26-14-17-1-3-22-21(13-17)18(5-9-27-22)6-10-31-11-7-19(8-12-31)28-15-20-2-4-23-25(29-20)30-24(32)16-33-23/h1-5,9,13,19,28H,6-8,10-12,15-16H2,(H,29,30,32). The number of benzene rings is 1. The molecule has 33 heavy (non-hydrogen) atoms. The van der Waals surface area contributed by atoms with Crippen LogP contribution in [0.15, 0.2) is 47.5 Å². The van der Waals surface area contributed by atoms with E-state index in [0.717, 1.165) is 60.4 Å². The van der Waals surface area contributed by atoms with Gasteiger partial charge >= 0.3 is 0 Å². The second-order valence-electron chi connectivity index (χ2n) is 8.55. The summed E-state index contributed by atoms with van der Waals surface area (Å²) in [5.74, 6) is 1.17. The number of carbonyl (C=O) groups excluding carboxylic acids is 1. The molecule has 0 atom stereocenters. The molecule has 0 bridgehead atoms. The molecule has 2 aliphatic rings. The zero-order valence-corrected chi connectivity index (χ0v) is 19.2. The Hall–Kier alpha value is -2.99. The molecule has 0 unspecified atom stereocenters. The number of fused-ring (bicyclic) bond motifs is 2. The summed E-state index contributed by atoms with van der Waals surface area (Å²) >= 11 is 1.54. The van der Waals surface area contributed by atoms with Crippen LogP contribution in [0, 0.1) is 11.3 Å². The molecule has 5 rings (SSSR count). The highest BCUT2D eigenvalue weighted by Gasteiger charge is 2.20. The van der Waals surface area contributed by atoms with Gasteiger partial charge in [0.1, 0.15) is 5.82 Å². The normalized spacial score (nSPS) is 16.9. The fraction of sp³-hybridized carbons (Fsp3) is 0.360. The maximum atomic E-state index is 11.6. The van der Waals surface area contributed by atoms with E-state index >= 15 is 0 Å². The van der Waals surface area contributed by atoms with Gasteiger partial charge in [0.05, 0.1) is 33.5 Å². The first-order valence-corrected chi connectivity index (χ1v) is 12.3. The third kappa shape index (κ3) is 5.17. The molecule has 168 valence electrons. The number of piperidine rings is 1. The predicted octanol–water partition coefficient (Wildman–Crippen LogP) is 3.34. The molecule has 2 N–H and O–H groups in total. The van der Waals surface area contributed by atoms with E-state index in [1.165, 1.54) is 17.3 Å². The van der Waals surface area contributed by atoms with Gasteiger partial charge in [0.25, 0.3) is 0 Å². The number of anilines is 1. The molecule has 1 aromatic carbocycles. The summed E-state index contributed by atoms with van der Waals surface area (Å²) in [4.78, 5) is 24.2. The average Bonchev–Trinajstić information content (AvgIpc) is 2.86. The smallest absolute Gasteiger partial charge is 0.235 e. The van der Waals surface area contributed by atoms with Crippen molar-refractivity contribution in [3.05, 3.63) is 59.4 Å². The van der Waals surface area contributed by atoms with Gasteiger partial charge in [-0.15, -0.1) is 11.8 Å². The summed E-state index contributed by atoms with van der Waals surface area (Å²) in [6, 6.07) is 14.6. The Labute approximate surface area is 197 Å². The summed E-state index contributed by atoms with van der Waals surface area (Å²) in [5.41, 5.74) is 3.84. The molecule has 1 amide bonds. The zero-order chi connectivity index (χ0) is 22.6. The van der Waals surface area contributed by atoms with Crippen LogP contribution in [-0.4, -0.2) is 52.2 Å². The van der Waals surface area contributed by atoms with E-state index in [4.69, 9.17) is 0 Å².